The minimum absolute atomic E-state index is 0.145. The number of likely N-dealkylation sites (tertiary alicyclic amines) is 1. The smallest absolute Gasteiger partial charge is 0.228 e. The molecule has 0 N–H and O–H groups in total. The van der Waals surface area contributed by atoms with Gasteiger partial charge < -0.3 is 4.90 Å². The van der Waals surface area contributed by atoms with E-state index in [-0.39, 0.29) is 5.91 Å². The van der Waals surface area contributed by atoms with Crippen LogP contribution in [0.15, 0.2) is 60.1 Å². The van der Waals surface area contributed by atoms with Crippen LogP contribution in [0.1, 0.15) is 17.3 Å². The average Bonchev–Trinajstić information content (AvgIpc) is 3.04. The van der Waals surface area contributed by atoms with E-state index in [9.17, 15) is 4.79 Å². The highest BCUT2D eigenvalue weighted by molar-refractivity contribution is 7.13. The van der Waals surface area contributed by atoms with Gasteiger partial charge in [0.2, 0.25) is 5.91 Å². The summed E-state index contributed by atoms with van der Waals surface area (Å²) < 4.78 is 0. The first-order valence-electron chi connectivity index (χ1n) is 7.98. The van der Waals surface area contributed by atoms with Crippen molar-refractivity contribution in [3.63, 3.8) is 0 Å². The molecule has 1 aliphatic rings. The first-order chi connectivity index (χ1) is 11.8. The third-order valence-electron chi connectivity index (χ3n) is 4.25. The van der Waals surface area contributed by atoms with Crippen molar-refractivity contribution in [2.75, 3.05) is 13.1 Å². The maximum absolute atomic E-state index is 12.4. The molecule has 0 bridgehead atoms. The fourth-order valence-corrected chi connectivity index (χ4v) is 3.68. The van der Waals surface area contributed by atoms with Crippen molar-refractivity contribution in [1.29, 1.82) is 0 Å². The highest BCUT2D eigenvalue weighted by atomic mass is 32.1. The molecule has 0 aliphatic carbocycles. The lowest BCUT2D eigenvalue weighted by Crippen LogP contribution is -2.49. The van der Waals surface area contributed by atoms with Gasteiger partial charge in [0.1, 0.15) is 5.01 Å². The normalized spacial score (nSPS) is 14.4. The summed E-state index contributed by atoms with van der Waals surface area (Å²) in [5.41, 5.74) is 3.02. The molecule has 120 valence electrons. The number of carbonyl (C=O) groups is 1. The van der Waals surface area contributed by atoms with Crippen molar-refractivity contribution in [3.05, 3.63) is 71.5 Å². The Balaban J connectivity index is 1.35. The third-order valence-corrected chi connectivity index (χ3v) is 5.19. The van der Waals surface area contributed by atoms with Gasteiger partial charge in [0, 0.05) is 41.8 Å². The van der Waals surface area contributed by atoms with E-state index in [4.69, 9.17) is 0 Å². The largest absolute Gasteiger partial charge is 0.341 e. The van der Waals surface area contributed by atoms with Crippen molar-refractivity contribution < 1.29 is 4.79 Å². The molecular formula is C19H17N3OS. The van der Waals surface area contributed by atoms with E-state index in [1.165, 1.54) is 0 Å². The van der Waals surface area contributed by atoms with Gasteiger partial charge >= 0.3 is 0 Å². The lowest BCUT2D eigenvalue weighted by atomic mass is 9.95. The summed E-state index contributed by atoms with van der Waals surface area (Å²) in [4.78, 5) is 23.2. The Morgan fingerprint density at radius 2 is 1.92 bits per heavy atom. The molecular weight excluding hydrogens is 318 g/mol. The van der Waals surface area contributed by atoms with Gasteiger partial charge in [0.25, 0.3) is 0 Å². The summed E-state index contributed by atoms with van der Waals surface area (Å²) in [6.07, 6.45) is 2.18. The van der Waals surface area contributed by atoms with Gasteiger partial charge in [0.15, 0.2) is 0 Å². The molecule has 0 spiro atoms. The predicted molar refractivity (Wildman–Crippen MR) is 94.8 cm³/mol. The van der Waals surface area contributed by atoms with Crippen molar-refractivity contribution in [2.24, 2.45) is 0 Å². The van der Waals surface area contributed by atoms with E-state index in [0.717, 1.165) is 35.0 Å². The number of thiazole rings is 1. The lowest BCUT2D eigenvalue weighted by Gasteiger charge is -2.38. The van der Waals surface area contributed by atoms with Crippen LogP contribution >= 0.6 is 11.3 Å². The van der Waals surface area contributed by atoms with Gasteiger partial charge in [-0.05, 0) is 12.1 Å². The second-order valence-electron chi connectivity index (χ2n) is 5.94. The standard InChI is InChI=1S/C19H17N3OS/c23-18(22-11-15(12-22)17-8-4-5-9-20-17)10-16-13-24-19(21-16)14-6-2-1-3-7-14/h1-9,13,15H,10-12H2. The van der Waals surface area contributed by atoms with Crippen molar-refractivity contribution >= 4 is 17.2 Å². The Kier molecular flexibility index (Phi) is 4.09. The molecule has 4 rings (SSSR count). The second kappa shape index (κ2) is 6.53. The zero-order valence-electron chi connectivity index (χ0n) is 13.1. The van der Waals surface area contributed by atoms with E-state index in [1.807, 2.05) is 58.8 Å². The number of hydrogen-bond acceptors (Lipinski definition) is 4. The molecule has 5 heteroatoms. The van der Waals surface area contributed by atoms with Gasteiger partial charge in [-0.25, -0.2) is 4.98 Å². The van der Waals surface area contributed by atoms with Gasteiger partial charge in [-0.2, -0.15) is 0 Å². The topological polar surface area (TPSA) is 46.1 Å². The zero-order chi connectivity index (χ0) is 16.4. The minimum Gasteiger partial charge on any atom is -0.341 e. The molecule has 0 atom stereocenters. The molecule has 1 amide bonds. The van der Waals surface area contributed by atoms with E-state index in [1.54, 1.807) is 17.5 Å². The van der Waals surface area contributed by atoms with Crippen LogP contribution in [-0.2, 0) is 11.2 Å². The molecule has 1 aliphatic heterocycles. The van der Waals surface area contributed by atoms with Crippen LogP contribution in [0.4, 0.5) is 0 Å². The number of rotatable bonds is 4. The summed E-state index contributed by atoms with van der Waals surface area (Å²) in [6.45, 7) is 1.51. The summed E-state index contributed by atoms with van der Waals surface area (Å²) in [6, 6.07) is 16.0. The van der Waals surface area contributed by atoms with Gasteiger partial charge in [0.05, 0.1) is 12.1 Å². The Labute approximate surface area is 144 Å². The average molecular weight is 335 g/mol. The maximum atomic E-state index is 12.4. The molecule has 0 unspecified atom stereocenters. The fraction of sp³-hybridized carbons (Fsp3) is 0.211. The SMILES string of the molecule is O=C(Cc1csc(-c2ccccc2)n1)N1CC(c2ccccn2)C1. The Morgan fingerprint density at radius 3 is 2.67 bits per heavy atom. The van der Waals surface area contributed by atoms with Crippen molar-refractivity contribution in [3.8, 4) is 10.6 Å². The first kappa shape index (κ1) is 15.0. The minimum atomic E-state index is 0.145. The van der Waals surface area contributed by atoms with E-state index in [0.29, 0.717) is 12.3 Å². The molecule has 4 nitrogen and oxygen atoms in total. The Hall–Kier alpha value is -2.53. The van der Waals surface area contributed by atoms with E-state index >= 15 is 0 Å². The quantitative estimate of drug-likeness (QED) is 0.734. The molecule has 3 aromatic rings. The number of hydrogen-bond donors (Lipinski definition) is 0. The number of benzene rings is 1. The molecule has 1 fully saturated rings. The van der Waals surface area contributed by atoms with Crippen molar-refractivity contribution in [2.45, 2.75) is 12.3 Å². The van der Waals surface area contributed by atoms with E-state index in [2.05, 4.69) is 9.97 Å². The molecule has 3 heterocycles. The maximum Gasteiger partial charge on any atom is 0.228 e. The number of aromatic nitrogens is 2. The van der Waals surface area contributed by atoms with Crippen LogP contribution in [0.25, 0.3) is 10.6 Å². The first-order valence-corrected chi connectivity index (χ1v) is 8.86. The lowest BCUT2D eigenvalue weighted by molar-refractivity contribution is -0.134. The summed E-state index contributed by atoms with van der Waals surface area (Å²) in [7, 11) is 0. The highest BCUT2D eigenvalue weighted by Gasteiger charge is 2.32. The molecule has 24 heavy (non-hydrogen) atoms. The number of nitrogens with zero attached hydrogens (tertiary/aromatic N) is 3. The van der Waals surface area contributed by atoms with Crippen molar-refractivity contribution in [1.82, 2.24) is 14.9 Å². The molecule has 1 saturated heterocycles. The van der Waals surface area contributed by atoms with Crippen LogP contribution in [0.5, 0.6) is 0 Å². The van der Waals surface area contributed by atoms with Crippen LogP contribution < -0.4 is 0 Å². The monoisotopic (exact) mass is 335 g/mol. The number of amides is 1. The Morgan fingerprint density at radius 1 is 1.12 bits per heavy atom. The molecule has 0 saturated carbocycles. The number of pyridine rings is 1. The highest BCUT2D eigenvalue weighted by Crippen LogP contribution is 2.27. The summed E-state index contributed by atoms with van der Waals surface area (Å²) in [5.74, 6) is 0.512. The predicted octanol–water partition coefficient (Wildman–Crippen LogP) is 3.37. The third kappa shape index (κ3) is 3.08. The van der Waals surface area contributed by atoms with Crippen LogP contribution in [-0.4, -0.2) is 33.9 Å². The van der Waals surface area contributed by atoms with E-state index < -0.39 is 0 Å². The summed E-state index contributed by atoms with van der Waals surface area (Å²) >= 11 is 1.59. The van der Waals surface area contributed by atoms with Gasteiger partial charge in [-0.15, -0.1) is 11.3 Å². The van der Waals surface area contributed by atoms with Crippen LogP contribution in [0, 0.1) is 0 Å². The zero-order valence-corrected chi connectivity index (χ0v) is 13.9. The fourth-order valence-electron chi connectivity index (χ4n) is 2.85. The van der Waals surface area contributed by atoms with Crippen LogP contribution in [0.2, 0.25) is 0 Å². The van der Waals surface area contributed by atoms with Gasteiger partial charge in [-0.1, -0.05) is 36.4 Å². The summed E-state index contributed by atoms with van der Waals surface area (Å²) in [5, 5.41) is 2.95. The van der Waals surface area contributed by atoms with Gasteiger partial charge in [-0.3, -0.25) is 9.78 Å². The molecule has 2 aromatic heterocycles. The number of carbonyl (C=O) groups excluding carboxylic acids is 1. The second-order valence-corrected chi connectivity index (χ2v) is 6.80. The molecule has 1 aromatic carbocycles. The van der Waals surface area contributed by atoms with Crippen LogP contribution in [0.3, 0.4) is 0 Å². The molecule has 0 radical (unpaired) electrons. The Bertz CT molecular complexity index is 826.